The lowest BCUT2D eigenvalue weighted by Crippen LogP contribution is -2.53. The smallest absolute Gasteiger partial charge is 0.324 e. The molecule has 0 amide bonds. The Hall–Kier alpha value is -2.60. The van der Waals surface area contributed by atoms with Crippen LogP contribution >= 0.6 is 11.8 Å². The van der Waals surface area contributed by atoms with E-state index in [0.717, 1.165) is 11.3 Å². The molecule has 2 aromatic heterocycles. The Labute approximate surface area is 138 Å². The number of nitrogens with zero attached hydrogens (tertiary/aromatic N) is 6. The van der Waals surface area contributed by atoms with Crippen molar-refractivity contribution in [1.82, 2.24) is 10.3 Å². The summed E-state index contributed by atoms with van der Waals surface area (Å²) in [7, 11) is 3.55. The second-order valence-electron chi connectivity index (χ2n) is 4.97. The van der Waals surface area contributed by atoms with Crippen LogP contribution in [0.1, 0.15) is 16.8 Å². The fourth-order valence-corrected chi connectivity index (χ4v) is 2.68. The molecule has 0 aliphatic rings. The van der Waals surface area contributed by atoms with E-state index in [9.17, 15) is 10.4 Å². The number of aryl methyl sites for hydroxylation is 2. The van der Waals surface area contributed by atoms with E-state index in [2.05, 4.69) is 21.3 Å². The molecule has 0 radical (unpaired) electrons. The largest absolute Gasteiger partial charge is 0.861 e. The number of thioether (sulfide) groups is 1. The van der Waals surface area contributed by atoms with Crippen LogP contribution in [0.15, 0.2) is 26.8 Å². The van der Waals surface area contributed by atoms with Crippen molar-refractivity contribution >= 4 is 23.5 Å². The lowest BCUT2D eigenvalue weighted by atomic mass is 10.1. The molecule has 0 aliphatic heterocycles. The molecule has 0 spiro atoms. The first-order chi connectivity index (χ1) is 10.9. The topological polar surface area (TPSA) is 105 Å². The van der Waals surface area contributed by atoms with Crippen LogP contribution in [-0.4, -0.2) is 36.0 Å². The fourth-order valence-electron chi connectivity index (χ4n) is 1.80. The second-order valence-corrected chi connectivity index (χ2v) is 5.94. The van der Waals surface area contributed by atoms with E-state index < -0.39 is 0 Å². The van der Waals surface area contributed by atoms with Crippen LogP contribution in [0.2, 0.25) is 0 Å². The van der Waals surface area contributed by atoms with Crippen LogP contribution in [0.3, 0.4) is 0 Å². The number of rotatable bonds is 5. The van der Waals surface area contributed by atoms with Gasteiger partial charge in [-0.15, -0.1) is 0 Å². The molecular weight excluding hydrogens is 316 g/mol. The van der Waals surface area contributed by atoms with E-state index in [-0.39, 0.29) is 17.5 Å². The van der Waals surface area contributed by atoms with Crippen LogP contribution in [-0.2, 0) is 0 Å². The summed E-state index contributed by atoms with van der Waals surface area (Å²) >= 11 is 1.18. The van der Waals surface area contributed by atoms with Crippen molar-refractivity contribution in [3.05, 3.63) is 29.1 Å². The highest BCUT2D eigenvalue weighted by Crippen LogP contribution is 2.23. The number of hydrogen-bond acceptors (Lipinski definition) is 8. The van der Waals surface area contributed by atoms with Crippen molar-refractivity contribution in [1.29, 1.82) is 5.26 Å². The van der Waals surface area contributed by atoms with Gasteiger partial charge in [-0.05, 0) is 31.4 Å². The predicted octanol–water partition coefficient (Wildman–Crippen LogP) is 0.226. The number of aromatic nitrogens is 3. The summed E-state index contributed by atoms with van der Waals surface area (Å²) in [6, 6.07) is 3.95. The van der Waals surface area contributed by atoms with Gasteiger partial charge in [-0.2, -0.15) is 10.3 Å². The maximum atomic E-state index is 11.9. The van der Waals surface area contributed by atoms with Gasteiger partial charge in [0, 0.05) is 11.4 Å². The van der Waals surface area contributed by atoms with E-state index in [4.69, 9.17) is 4.52 Å². The minimum absolute atomic E-state index is 0.0627. The monoisotopic (exact) mass is 332 g/mol. The van der Waals surface area contributed by atoms with Gasteiger partial charge in [0.1, 0.15) is 11.1 Å². The molecule has 8 nitrogen and oxygen atoms in total. The Morgan fingerprint density at radius 3 is 2.87 bits per heavy atom. The Bertz CT molecular complexity index is 778. The minimum Gasteiger partial charge on any atom is -0.861 e. The molecule has 2 aromatic rings. The normalized spacial score (nSPS) is 11.3. The molecule has 0 N–H and O–H groups in total. The molecular formula is C14H16N6O2S. The molecule has 0 aromatic carbocycles. The van der Waals surface area contributed by atoms with Crippen LogP contribution in [0.25, 0.3) is 0 Å². The molecule has 120 valence electrons. The van der Waals surface area contributed by atoms with E-state index in [0.29, 0.717) is 10.6 Å². The molecule has 0 saturated heterocycles. The zero-order valence-corrected chi connectivity index (χ0v) is 14.1. The summed E-state index contributed by atoms with van der Waals surface area (Å²) in [5.41, 5.74) is 2.13. The Morgan fingerprint density at radius 1 is 1.52 bits per heavy atom. The van der Waals surface area contributed by atoms with Crippen LogP contribution < -0.4 is 14.9 Å². The summed E-state index contributed by atoms with van der Waals surface area (Å²) in [6.45, 7) is 3.69. The SMILES string of the molecule is Cc1cc(C)c(C#N)c(SC/C([O-])=N\c2c[n+](N(C)C)no2)n1. The van der Waals surface area contributed by atoms with Crippen molar-refractivity contribution in [2.75, 3.05) is 24.9 Å². The molecule has 0 atom stereocenters. The molecule has 0 aliphatic carbocycles. The summed E-state index contributed by atoms with van der Waals surface area (Å²) in [4.78, 5) is 9.56. The highest BCUT2D eigenvalue weighted by molar-refractivity contribution is 7.99. The highest BCUT2D eigenvalue weighted by atomic mass is 32.2. The molecule has 23 heavy (non-hydrogen) atoms. The Morgan fingerprint density at radius 2 is 2.26 bits per heavy atom. The van der Waals surface area contributed by atoms with Crippen molar-refractivity contribution < 1.29 is 14.4 Å². The maximum Gasteiger partial charge on any atom is 0.324 e. The lowest BCUT2D eigenvalue weighted by molar-refractivity contribution is -0.753. The standard InChI is InChI=1S/C14H16N6O2S/c1-9-5-10(2)16-14(11(9)6-15)23-8-12(21)17-13-7-20(18-22-13)19(3)4/h5,7H,8H2,1-4H3. The first kappa shape index (κ1) is 16.8. The van der Waals surface area contributed by atoms with Gasteiger partial charge < -0.3 is 5.11 Å². The second kappa shape index (κ2) is 7.11. The van der Waals surface area contributed by atoms with Crippen LogP contribution in [0.5, 0.6) is 0 Å². The van der Waals surface area contributed by atoms with Gasteiger partial charge in [-0.1, -0.05) is 11.8 Å². The van der Waals surface area contributed by atoms with Crippen molar-refractivity contribution in [2.24, 2.45) is 4.99 Å². The third kappa shape index (κ3) is 4.20. The first-order valence-electron chi connectivity index (χ1n) is 6.72. The minimum atomic E-state index is -0.387. The third-order valence-electron chi connectivity index (χ3n) is 2.84. The number of nitriles is 1. The average Bonchev–Trinajstić information content (AvgIpc) is 2.93. The van der Waals surface area contributed by atoms with Crippen molar-refractivity contribution in [3.8, 4) is 6.07 Å². The molecule has 2 rings (SSSR count). The van der Waals surface area contributed by atoms with Gasteiger partial charge in [0.05, 0.1) is 24.4 Å². The predicted molar refractivity (Wildman–Crippen MR) is 83.0 cm³/mol. The van der Waals surface area contributed by atoms with Crippen molar-refractivity contribution in [3.63, 3.8) is 0 Å². The van der Waals surface area contributed by atoms with E-state index in [1.807, 2.05) is 19.9 Å². The first-order valence-corrected chi connectivity index (χ1v) is 7.71. The van der Waals surface area contributed by atoms with Crippen LogP contribution in [0.4, 0.5) is 5.88 Å². The molecule has 0 unspecified atom stereocenters. The lowest BCUT2D eigenvalue weighted by Gasteiger charge is -2.10. The van der Waals surface area contributed by atoms with E-state index in [1.54, 1.807) is 19.1 Å². The van der Waals surface area contributed by atoms with Gasteiger partial charge in [0.2, 0.25) is 5.27 Å². The fraction of sp³-hybridized carbons (Fsp3) is 0.357. The van der Waals surface area contributed by atoms with Gasteiger partial charge in [-0.25, -0.2) is 9.98 Å². The van der Waals surface area contributed by atoms with Gasteiger partial charge in [-0.3, -0.25) is 4.52 Å². The van der Waals surface area contributed by atoms with Crippen molar-refractivity contribution in [2.45, 2.75) is 18.9 Å². The van der Waals surface area contributed by atoms with Gasteiger partial charge >= 0.3 is 5.88 Å². The van der Waals surface area contributed by atoms with Gasteiger partial charge in [0.15, 0.2) is 0 Å². The van der Waals surface area contributed by atoms with Crippen LogP contribution in [0, 0.1) is 25.2 Å². The van der Waals surface area contributed by atoms with E-state index in [1.165, 1.54) is 22.7 Å². The Balaban J connectivity index is 2.11. The maximum absolute atomic E-state index is 11.9. The molecule has 9 heteroatoms. The number of hydrogen-bond donors (Lipinski definition) is 0. The summed E-state index contributed by atoms with van der Waals surface area (Å²) in [6.07, 6.45) is 1.50. The Kier molecular flexibility index (Phi) is 5.18. The average molecular weight is 332 g/mol. The summed E-state index contributed by atoms with van der Waals surface area (Å²) in [5.74, 6) is -0.201. The summed E-state index contributed by atoms with van der Waals surface area (Å²) in [5, 5.41) is 27.0. The highest BCUT2D eigenvalue weighted by Gasteiger charge is 2.13. The van der Waals surface area contributed by atoms with Gasteiger partial charge in [0.25, 0.3) is 6.20 Å². The molecule has 0 bridgehead atoms. The third-order valence-corrected chi connectivity index (χ3v) is 3.80. The molecule has 0 fully saturated rings. The van der Waals surface area contributed by atoms with E-state index >= 15 is 0 Å². The quantitative estimate of drug-likeness (QED) is 0.334. The molecule has 2 heterocycles. The number of aliphatic imine (C=N–C) groups is 1. The summed E-state index contributed by atoms with van der Waals surface area (Å²) < 4.78 is 4.94. The zero-order chi connectivity index (χ0) is 17.0. The number of pyridine rings is 1. The zero-order valence-electron chi connectivity index (χ0n) is 13.3. The molecule has 0 saturated carbocycles.